The summed E-state index contributed by atoms with van der Waals surface area (Å²) in [4.78, 5) is 6.56. The van der Waals surface area contributed by atoms with Crippen molar-refractivity contribution in [2.24, 2.45) is 0 Å². The predicted molar refractivity (Wildman–Crippen MR) is 120 cm³/mol. The van der Waals surface area contributed by atoms with Crippen LogP contribution in [-0.4, -0.2) is 34.9 Å². The van der Waals surface area contributed by atoms with Crippen molar-refractivity contribution in [3.8, 4) is 0 Å². The van der Waals surface area contributed by atoms with E-state index in [2.05, 4.69) is 15.2 Å². The van der Waals surface area contributed by atoms with Crippen LogP contribution in [0.3, 0.4) is 0 Å². The SMILES string of the molecule is OCCCNC(O)c1cccc2c1CCN2c1cc(Cc2cccc(C(F)(F)F)c2)ccn1. The molecule has 0 saturated heterocycles. The molecule has 5 nitrogen and oxygen atoms in total. The minimum Gasteiger partial charge on any atom is -0.396 e. The fraction of sp³-hybridized carbons (Fsp3) is 0.320. The lowest BCUT2D eigenvalue weighted by molar-refractivity contribution is -0.137. The fourth-order valence-electron chi connectivity index (χ4n) is 4.19. The van der Waals surface area contributed by atoms with Crippen molar-refractivity contribution >= 4 is 11.5 Å². The van der Waals surface area contributed by atoms with E-state index in [4.69, 9.17) is 5.11 Å². The zero-order chi connectivity index (χ0) is 23.4. The Kier molecular flexibility index (Phi) is 6.97. The number of nitrogens with zero attached hydrogens (tertiary/aromatic N) is 2. The van der Waals surface area contributed by atoms with Gasteiger partial charge in [-0.05, 0) is 66.8 Å². The molecule has 3 N–H and O–H groups in total. The maximum atomic E-state index is 13.0. The normalized spacial score (nSPS) is 14.4. The Morgan fingerprint density at radius 1 is 1.06 bits per heavy atom. The van der Waals surface area contributed by atoms with Gasteiger partial charge in [-0.25, -0.2) is 4.98 Å². The summed E-state index contributed by atoms with van der Waals surface area (Å²) in [6.45, 7) is 1.25. The molecule has 1 aromatic heterocycles. The first kappa shape index (κ1) is 23.2. The number of hydrogen-bond donors (Lipinski definition) is 3. The standard InChI is InChI=1S/C25H26F3N3O2/c26-25(27,28)19-5-1-4-17(15-19)14-18-8-11-29-23(16-18)31-12-9-20-21(6-2-7-22(20)31)24(33)30-10-3-13-32/h1-2,4-8,11,15-16,24,30,32-33H,3,9-10,12-14H2. The molecule has 8 heteroatoms. The minimum absolute atomic E-state index is 0.0584. The van der Waals surface area contributed by atoms with Crippen LogP contribution in [0.5, 0.6) is 0 Å². The number of nitrogens with one attached hydrogen (secondary N) is 1. The summed E-state index contributed by atoms with van der Waals surface area (Å²) >= 11 is 0. The Balaban J connectivity index is 1.55. The zero-order valence-corrected chi connectivity index (χ0v) is 18.0. The quantitative estimate of drug-likeness (QED) is 0.347. The van der Waals surface area contributed by atoms with Gasteiger partial charge in [0.2, 0.25) is 0 Å². The molecule has 0 aliphatic carbocycles. The van der Waals surface area contributed by atoms with E-state index in [1.54, 1.807) is 12.3 Å². The summed E-state index contributed by atoms with van der Waals surface area (Å²) in [5.41, 5.74) is 3.60. The van der Waals surface area contributed by atoms with Gasteiger partial charge in [0, 0.05) is 30.6 Å². The van der Waals surface area contributed by atoms with Crippen LogP contribution in [0.15, 0.2) is 60.8 Å². The number of rotatable bonds is 8. The molecular formula is C25H26F3N3O2. The molecule has 1 aliphatic rings. The molecule has 1 atom stereocenters. The van der Waals surface area contributed by atoms with Crippen molar-refractivity contribution in [2.75, 3.05) is 24.6 Å². The highest BCUT2D eigenvalue weighted by molar-refractivity contribution is 5.69. The van der Waals surface area contributed by atoms with E-state index < -0.39 is 18.0 Å². The fourth-order valence-corrected chi connectivity index (χ4v) is 4.19. The van der Waals surface area contributed by atoms with Crippen molar-refractivity contribution in [2.45, 2.75) is 31.7 Å². The Hall–Kier alpha value is -2.94. The second-order valence-electron chi connectivity index (χ2n) is 8.08. The van der Waals surface area contributed by atoms with Gasteiger partial charge in [0.15, 0.2) is 0 Å². The number of fused-ring (bicyclic) bond motifs is 1. The second-order valence-corrected chi connectivity index (χ2v) is 8.08. The first-order chi connectivity index (χ1) is 15.9. The maximum absolute atomic E-state index is 13.0. The second kappa shape index (κ2) is 9.91. The molecule has 1 aliphatic heterocycles. The van der Waals surface area contributed by atoms with Crippen LogP contribution in [0.1, 0.15) is 40.5 Å². The summed E-state index contributed by atoms with van der Waals surface area (Å²) in [6.07, 6.45) is -1.86. The molecule has 2 aromatic carbocycles. The molecule has 0 amide bonds. The average Bonchev–Trinajstić information content (AvgIpc) is 3.23. The summed E-state index contributed by atoms with van der Waals surface area (Å²) < 4.78 is 39.1. The van der Waals surface area contributed by atoms with Gasteiger partial charge in [-0.15, -0.1) is 0 Å². The highest BCUT2D eigenvalue weighted by atomic mass is 19.4. The van der Waals surface area contributed by atoms with Gasteiger partial charge in [0.05, 0.1) is 5.56 Å². The van der Waals surface area contributed by atoms with Gasteiger partial charge in [0.1, 0.15) is 12.0 Å². The summed E-state index contributed by atoms with van der Waals surface area (Å²) in [6, 6.07) is 14.8. The third-order valence-corrected chi connectivity index (χ3v) is 5.78. The molecule has 0 bridgehead atoms. The van der Waals surface area contributed by atoms with Crippen LogP contribution in [0.4, 0.5) is 24.7 Å². The topological polar surface area (TPSA) is 68.6 Å². The van der Waals surface area contributed by atoms with Crippen molar-refractivity contribution < 1.29 is 23.4 Å². The van der Waals surface area contributed by atoms with E-state index in [-0.39, 0.29) is 6.61 Å². The van der Waals surface area contributed by atoms with Crippen molar-refractivity contribution in [1.29, 1.82) is 0 Å². The summed E-state index contributed by atoms with van der Waals surface area (Å²) in [5.74, 6) is 0.720. The van der Waals surface area contributed by atoms with Gasteiger partial charge in [-0.3, -0.25) is 5.32 Å². The van der Waals surface area contributed by atoms with Gasteiger partial charge < -0.3 is 15.1 Å². The number of aliphatic hydroxyl groups excluding tert-OH is 2. The smallest absolute Gasteiger partial charge is 0.396 e. The van der Waals surface area contributed by atoms with Gasteiger partial charge in [0.25, 0.3) is 0 Å². The molecule has 1 unspecified atom stereocenters. The lowest BCUT2D eigenvalue weighted by atomic mass is 10.0. The molecule has 4 rings (SSSR count). The zero-order valence-electron chi connectivity index (χ0n) is 18.0. The van der Waals surface area contributed by atoms with Crippen molar-refractivity contribution in [1.82, 2.24) is 10.3 Å². The number of alkyl halides is 3. The number of aromatic nitrogens is 1. The lowest BCUT2D eigenvalue weighted by Crippen LogP contribution is -2.23. The largest absolute Gasteiger partial charge is 0.416 e. The van der Waals surface area contributed by atoms with E-state index in [1.807, 2.05) is 30.3 Å². The van der Waals surface area contributed by atoms with Gasteiger partial charge >= 0.3 is 6.18 Å². The number of benzene rings is 2. The van der Waals surface area contributed by atoms with Crippen LogP contribution in [0, 0.1) is 0 Å². The third kappa shape index (κ3) is 5.35. The van der Waals surface area contributed by atoms with E-state index in [0.717, 1.165) is 40.7 Å². The first-order valence-electron chi connectivity index (χ1n) is 10.9. The van der Waals surface area contributed by atoms with Crippen LogP contribution < -0.4 is 10.2 Å². The molecule has 174 valence electrons. The third-order valence-electron chi connectivity index (χ3n) is 5.78. The number of aliphatic hydroxyl groups is 2. The highest BCUT2D eigenvalue weighted by Gasteiger charge is 2.30. The average molecular weight is 457 g/mol. The first-order valence-corrected chi connectivity index (χ1v) is 10.9. The Morgan fingerprint density at radius 3 is 2.64 bits per heavy atom. The molecule has 33 heavy (non-hydrogen) atoms. The van der Waals surface area contributed by atoms with Gasteiger partial charge in [-0.1, -0.05) is 30.3 Å². The highest BCUT2D eigenvalue weighted by Crippen LogP contribution is 2.37. The van der Waals surface area contributed by atoms with Crippen LogP contribution in [0.25, 0.3) is 0 Å². The van der Waals surface area contributed by atoms with Gasteiger partial charge in [-0.2, -0.15) is 13.2 Å². The Labute approximate surface area is 190 Å². The summed E-state index contributed by atoms with van der Waals surface area (Å²) in [5, 5.41) is 22.5. The number of hydrogen-bond acceptors (Lipinski definition) is 5. The number of anilines is 2. The van der Waals surface area contributed by atoms with E-state index >= 15 is 0 Å². The van der Waals surface area contributed by atoms with E-state index in [0.29, 0.717) is 31.5 Å². The minimum atomic E-state index is -4.37. The van der Waals surface area contributed by atoms with Crippen LogP contribution >= 0.6 is 0 Å². The van der Waals surface area contributed by atoms with E-state index in [9.17, 15) is 18.3 Å². The number of pyridine rings is 1. The molecule has 0 saturated carbocycles. The molecule has 0 spiro atoms. The Morgan fingerprint density at radius 2 is 1.85 bits per heavy atom. The summed E-state index contributed by atoms with van der Waals surface area (Å²) in [7, 11) is 0. The molecule has 0 radical (unpaired) electrons. The maximum Gasteiger partial charge on any atom is 0.416 e. The Bertz CT molecular complexity index is 1100. The lowest BCUT2D eigenvalue weighted by Gasteiger charge is -2.21. The molecular weight excluding hydrogens is 431 g/mol. The molecule has 0 fully saturated rings. The van der Waals surface area contributed by atoms with Crippen molar-refractivity contribution in [3.63, 3.8) is 0 Å². The number of halogens is 3. The van der Waals surface area contributed by atoms with E-state index in [1.165, 1.54) is 12.1 Å². The van der Waals surface area contributed by atoms with Crippen LogP contribution in [0.2, 0.25) is 0 Å². The predicted octanol–water partition coefficient (Wildman–Crippen LogP) is 4.35. The monoisotopic (exact) mass is 457 g/mol. The molecule has 3 aromatic rings. The van der Waals surface area contributed by atoms with Crippen molar-refractivity contribution in [3.05, 3.63) is 88.6 Å². The van der Waals surface area contributed by atoms with Crippen LogP contribution in [-0.2, 0) is 19.0 Å². The molecule has 2 heterocycles.